The zero-order valence-electron chi connectivity index (χ0n) is 16.1. The Hall–Kier alpha value is -2.73. The minimum Gasteiger partial charge on any atom is -0.493 e. The third-order valence-electron chi connectivity index (χ3n) is 5.35. The van der Waals surface area contributed by atoms with Crippen LogP contribution in [0.2, 0.25) is 0 Å². The predicted molar refractivity (Wildman–Crippen MR) is 110 cm³/mol. The smallest absolute Gasteiger partial charge is 0.222 e. The van der Waals surface area contributed by atoms with E-state index in [1.54, 1.807) is 25.6 Å². The third-order valence-corrected chi connectivity index (χ3v) is 6.05. The van der Waals surface area contributed by atoms with Crippen molar-refractivity contribution in [2.75, 3.05) is 14.2 Å². The molecule has 1 N–H and O–H groups in total. The standard InChI is InChI=1S/C22H24N2O3S/c1-26-20-11-15-5-6-18(17(15)12-21(20)27-2)23-22(25)13-19(16-7-10-28-14-16)24-8-3-4-9-24/h3-4,7-12,14,18-19H,5-6,13H2,1-2H3,(H,23,25)/t18-,19+/m1/s1. The number of ether oxygens (including phenoxy) is 2. The van der Waals surface area contributed by atoms with Crippen molar-refractivity contribution in [1.29, 1.82) is 0 Å². The Morgan fingerprint density at radius 2 is 2.00 bits per heavy atom. The first-order valence-corrected chi connectivity index (χ1v) is 10.3. The van der Waals surface area contributed by atoms with E-state index in [4.69, 9.17) is 9.47 Å². The first-order valence-electron chi connectivity index (χ1n) is 9.38. The summed E-state index contributed by atoms with van der Waals surface area (Å²) in [5, 5.41) is 7.40. The number of hydrogen-bond acceptors (Lipinski definition) is 4. The molecule has 6 heteroatoms. The van der Waals surface area contributed by atoms with Crippen LogP contribution in [0.4, 0.5) is 0 Å². The summed E-state index contributed by atoms with van der Waals surface area (Å²) in [5.74, 6) is 1.49. The van der Waals surface area contributed by atoms with Gasteiger partial charge in [0.1, 0.15) is 0 Å². The van der Waals surface area contributed by atoms with E-state index in [0.717, 1.165) is 29.7 Å². The van der Waals surface area contributed by atoms with Crippen LogP contribution in [0.5, 0.6) is 11.5 Å². The van der Waals surface area contributed by atoms with Crippen LogP contribution in [0.15, 0.2) is 53.5 Å². The quantitative estimate of drug-likeness (QED) is 0.646. The molecule has 146 valence electrons. The zero-order valence-corrected chi connectivity index (χ0v) is 16.9. The van der Waals surface area contributed by atoms with Crippen LogP contribution in [0, 0.1) is 0 Å². The number of thiophene rings is 1. The van der Waals surface area contributed by atoms with E-state index >= 15 is 0 Å². The maximum Gasteiger partial charge on any atom is 0.222 e. The van der Waals surface area contributed by atoms with Crippen molar-refractivity contribution in [2.45, 2.75) is 31.3 Å². The van der Waals surface area contributed by atoms with Crippen LogP contribution in [0.1, 0.15) is 41.6 Å². The number of nitrogens with zero attached hydrogens (tertiary/aromatic N) is 1. The first kappa shape index (κ1) is 18.6. The lowest BCUT2D eigenvalue weighted by atomic mass is 10.0. The van der Waals surface area contributed by atoms with Crippen LogP contribution in [0.25, 0.3) is 0 Å². The first-order chi connectivity index (χ1) is 13.7. The molecule has 5 nitrogen and oxygen atoms in total. The summed E-state index contributed by atoms with van der Waals surface area (Å²) in [6, 6.07) is 10.1. The van der Waals surface area contributed by atoms with Gasteiger partial charge in [0.15, 0.2) is 11.5 Å². The van der Waals surface area contributed by atoms with Crippen molar-refractivity contribution < 1.29 is 14.3 Å². The van der Waals surface area contributed by atoms with Crippen molar-refractivity contribution in [1.82, 2.24) is 9.88 Å². The van der Waals surface area contributed by atoms with Gasteiger partial charge in [-0.2, -0.15) is 11.3 Å². The number of nitrogens with one attached hydrogen (secondary N) is 1. The topological polar surface area (TPSA) is 52.5 Å². The summed E-state index contributed by atoms with van der Waals surface area (Å²) in [6.07, 6.45) is 6.25. The van der Waals surface area contributed by atoms with Crippen LogP contribution in [-0.4, -0.2) is 24.7 Å². The summed E-state index contributed by atoms with van der Waals surface area (Å²) in [7, 11) is 3.28. The average Bonchev–Trinajstić information content (AvgIpc) is 3.47. The lowest BCUT2D eigenvalue weighted by Gasteiger charge is -2.20. The van der Waals surface area contributed by atoms with Crippen LogP contribution >= 0.6 is 11.3 Å². The lowest BCUT2D eigenvalue weighted by molar-refractivity contribution is -0.122. The summed E-state index contributed by atoms with van der Waals surface area (Å²) in [5.41, 5.74) is 3.50. The second kappa shape index (κ2) is 8.10. The fourth-order valence-electron chi connectivity index (χ4n) is 3.93. The Morgan fingerprint density at radius 1 is 1.25 bits per heavy atom. The molecule has 0 saturated carbocycles. The molecule has 0 bridgehead atoms. The molecule has 0 saturated heterocycles. The maximum absolute atomic E-state index is 12.9. The van der Waals surface area contributed by atoms with Gasteiger partial charge in [-0.1, -0.05) is 0 Å². The number of fused-ring (bicyclic) bond motifs is 1. The molecule has 1 aromatic carbocycles. The highest BCUT2D eigenvalue weighted by molar-refractivity contribution is 7.08. The molecule has 2 atom stereocenters. The predicted octanol–water partition coefficient (Wildman–Crippen LogP) is 4.35. The lowest BCUT2D eigenvalue weighted by Crippen LogP contribution is -2.29. The molecular formula is C22H24N2O3S. The van der Waals surface area contributed by atoms with Crippen molar-refractivity contribution in [3.8, 4) is 11.5 Å². The Labute approximate surface area is 168 Å². The van der Waals surface area contributed by atoms with Gasteiger partial charge in [0.25, 0.3) is 0 Å². The highest BCUT2D eigenvalue weighted by atomic mass is 32.1. The zero-order chi connectivity index (χ0) is 19.5. The summed E-state index contributed by atoms with van der Waals surface area (Å²) in [4.78, 5) is 12.9. The van der Waals surface area contributed by atoms with E-state index in [1.165, 1.54) is 5.56 Å². The van der Waals surface area contributed by atoms with E-state index in [1.807, 2.05) is 36.7 Å². The SMILES string of the molecule is COc1cc2c(cc1OC)[C@H](NC(=O)C[C@@H](c1ccsc1)n1cccc1)CC2. The molecule has 0 radical (unpaired) electrons. The molecule has 0 spiro atoms. The van der Waals surface area contributed by atoms with E-state index in [9.17, 15) is 4.79 Å². The Morgan fingerprint density at radius 3 is 2.68 bits per heavy atom. The van der Waals surface area contributed by atoms with Gasteiger partial charge in [0, 0.05) is 12.4 Å². The molecule has 2 heterocycles. The van der Waals surface area contributed by atoms with Crippen LogP contribution < -0.4 is 14.8 Å². The van der Waals surface area contributed by atoms with E-state index in [-0.39, 0.29) is 18.0 Å². The summed E-state index contributed by atoms with van der Waals surface area (Å²) in [6.45, 7) is 0. The van der Waals surface area contributed by atoms with Gasteiger partial charge in [-0.25, -0.2) is 0 Å². The second-order valence-corrected chi connectivity index (χ2v) is 7.75. The minimum atomic E-state index is 0.00697. The van der Waals surface area contributed by atoms with Crippen LogP contribution in [0.3, 0.4) is 0 Å². The van der Waals surface area contributed by atoms with Crippen molar-refractivity contribution >= 4 is 17.2 Å². The van der Waals surface area contributed by atoms with Crippen molar-refractivity contribution in [3.05, 3.63) is 70.2 Å². The molecule has 0 fully saturated rings. The van der Waals surface area contributed by atoms with E-state index in [0.29, 0.717) is 12.2 Å². The number of aromatic nitrogens is 1. The molecule has 3 aromatic rings. The highest BCUT2D eigenvalue weighted by Crippen LogP contribution is 2.39. The van der Waals surface area contributed by atoms with Crippen LogP contribution in [-0.2, 0) is 11.2 Å². The van der Waals surface area contributed by atoms with E-state index in [2.05, 4.69) is 26.7 Å². The molecule has 1 amide bonds. The highest BCUT2D eigenvalue weighted by Gasteiger charge is 2.27. The van der Waals surface area contributed by atoms with Gasteiger partial charge in [-0.3, -0.25) is 4.79 Å². The van der Waals surface area contributed by atoms with E-state index < -0.39 is 0 Å². The molecule has 1 aliphatic carbocycles. The summed E-state index contributed by atoms with van der Waals surface area (Å²) < 4.78 is 12.9. The number of carbonyl (C=O) groups excluding carboxylic acids is 1. The normalized spacial score (nSPS) is 16.4. The number of hydrogen-bond donors (Lipinski definition) is 1. The maximum atomic E-state index is 12.9. The number of benzene rings is 1. The van der Waals surface area contributed by atoms with Gasteiger partial charge < -0.3 is 19.4 Å². The fourth-order valence-corrected chi connectivity index (χ4v) is 4.63. The second-order valence-electron chi connectivity index (χ2n) is 6.97. The Kier molecular flexibility index (Phi) is 5.39. The number of rotatable bonds is 7. The number of amides is 1. The molecule has 0 unspecified atom stereocenters. The number of aryl methyl sites for hydroxylation is 1. The Balaban J connectivity index is 1.50. The molecule has 4 rings (SSSR count). The van der Waals surface area contributed by atoms with Gasteiger partial charge >= 0.3 is 0 Å². The molecule has 28 heavy (non-hydrogen) atoms. The number of methoxy groups -OCH3 is 2. The summed E-state index contributed by atoms with van der Waals surface area (Å²) >= 11 is 1.65. The van der Waals surface area contributed by atoms with Gasteiger partial charge in [-0.05, 0) is 70.6 Å². The average molecular weight is 397 g/mol. The van der Waals surface area contributed by atoms with Gasteiger partial charge in [0.2, 0.25) is 5.91 Å². The van der Waals surface area contributed by atoms with Gasteiger partial charge in [0.05, 0.1) is 32.7 Å². The molecular weight excluding hydrogens is 372 g/mol. The monoisotopic (exact) mass is 396 g/mol. The Bertz CT molecular complexity index is 901. The fraction of sp³-hybridized carbons (Fsp3) is 0.318. The van der Waals surface area contributed by atoms with Crippen molar-refractivity contribution in [2.24, 2.45) is 0 Å². The van der Waals surface area contributed by atoms with Crippen molar-refractivity contribution in [3.63, 3.8) is 0 Å². The minimum absolute atomic E-state index is 0.00697. The molecule has 0 aliphatic heterocycles. The largest absolute Gasteiger partial charge is 0.493 e. The third kappa shape index (κ3) is 3.64. The van der Waals surface area contributed by atoms with Gasteiger partial charge in [-0.15, -0.1) is 0 Å². The molecule has 1 aliphatic rings. The molecule has 2 aromatic heterocycles. The number of carbonyl (C=O) groups is 1.